The quantitative estimate of drug-likeness (QED) is 0.480. The van der Waals surface area contributed by atoms with Gasteiger partial charge >= 0.3 is 0 Å². The Bertz CT molecular complexity index is 1240. The van der Waals surface area contributed by atoms with Crippen LogP contribution in [0.25, 0.3) is 16.0 Å². The summed E-state index contributed by atoms with van der Waals surface area (Å²) in [6.07, 6.45) is 4.90. The smallest absolute Gasteiger partial charge is 0.272 e. The molecule has 2 saturated carbocycles. The summed E-state index contributed by atoms with van der Waals surface area (Å²) in [5.74, 6) is 3.80. The lowest BCUT2D eigenvalue weighted by atomic mass is 10.4. The summed E-state index contributed by atoms with van der Waals surface area (Å²) >= 11 is 3.11. The van der Waals surface area contributed by atoms with Crippen LogP contribution in [-0.2, 0) is 12.8 Å². The van der Waals surface area contributed by atoms with Gasteiger partial charge in [-0.1, -0.05) is 11.8 Å². The van der Waals surface area contributed by atoms with Gasteiger partial charge in [0.2, 0.25) is 5.78 Å². The highest BCUT2D eigenvalue weighted by Crippen LogP contribution is 2.46. The minimum Gasteiger partial charge on any atom is -0.303 e. The van der Waals surface area contributed by atoms with Gasteiger partial charge in [0.15, 0.2) is 5.16 Å². The van der Waals surface area contributed by atoms with E-state index in [2.05, 4.69) is 25.0 Å². The Labute approximate surface area is 162 Å². The molecule has 0 saturated heterocycles. The molecule has 0 unspecified atom stereocenters. The lowest BCUT2D eigenvalue weighted by Crippen LogP contribution is -2.19. The van der Waals surface area contributed by atoms with Crippen molar-refractivity contribution in [3.05, 3.63) is 33.4 Å². The number of thiophene rings is 1. The zero-order chi connectivity index (χ0) is 18.1. The maximum atomic E-state index is 12.5. The molecule has 8 nitrogen and oxygen atoms in total. The molecule has 0 N–H and O–H groups in total. The molecular formula is C17H17N7OS2. The average Bonchev–Trinajstić information content (AvgIpc) is 3.56. The fourth-order valence-corrected chi connectivity index (χ4v) is 5.33. The van der Waals surface area contributed by atoms with Gasteiger partial charge in [-0.25, -0.2) is 0 Å². The molecule has 0 atom stereocenters. The van der Waals surface area contributed by atoms with Crippen molar-refractivity contribution in [1.29, 1.82) is 0 Å². The molecule has 0 radical (unpaired) electrons. The van der Waals surface area contributed by atoms with E-state index in [0.29, 0.717) is 23.5 Å². The minimum atomic E-state index is -0.0262. The van der Waals surface area contributed by atoms with Crippen molar-refractivity contribution in [1.82, 2.24) is 33.9 Å². The summed E-state index contributed by atoms with van der Waals surface area (Å²) in [5, 5.41) is 20.5. The lowest BCUT2D eigenvalue weighted by Gasteiger charge is -2.08. The molecule has 4 aromatic heterocycles. The summed E-state index contributed by atoms with van der Waals surface area (Å²) in [7, 11) is 1.74. The summed E-state index contributed by atoms with van der Waals surface area (Å²) in [6.45, 7) is 0. The number of thioether (sulfide) groups is 1. The normalized spacial score (nSPS) is 17.4. The van der Waals surface area contributed by atoms with Crippen LogP contribution in [-0.4, -0.2) is 33.9 Å². The molecule has 10 heteroatoms. The molecule has 4 aromatic rings. The van der Waals surface area contributed by atoms with Gasteiger partial charge < -0.3 is 4.57 Å². The van der Waals surface area contributed by atoms with Gasteiger partial charge in [0, 0.05) is 19.0 Å². The number of hydrogen-bond acceptors (Lipinski definition) is 7. The van der Waals surface area contributed by atoms with E-state index in [9.17, 15) is 4.79 Å². The molecule has 0 aliphatic heterocycles. The van der Waals surface area contributed by atoms with Crippen molar-refractivity contribution in [2.45, 2.75) is 48.6 Å². The average molecular weight is 400 g/mol. The Kier molecular flexibility index (Phi) is 3.31. The zero-order valence-corrected chi connectivity index (χ0v) is 16.3. The molecule has 2 aliphatic rings. The third-order valence-corrected chi connectivity index (χ3v) is 7.10. The molecule has 4 heterocycles. The molecule has 0 bridgehead atoms. The van der Waals surface area contributed by atoms with E-state index in [1.54, 1.807) is 23.4 Å². The number of fused-ring (bicyclic) bond motifs is 3. The fraction of sp³-hybridized carbons (Fsp3) is 0.471. The van der Waals surface area contributed by atoms with Crippen molar-refractivity contribution in [3.8, 4) is 0 Å². The third kappa shape index (κ3) is 2.39. The monoisotopic (exact) mass is 399 g/mol. The first-order chi connectivity index (χ1) is 13.2. The molecule has 0 amide bonds. The van der Waals surface area contributed by atoms with Crippen LogP contribution >= 0.6 is 23.1 Å². The van der Waals surface area contributed by atoms with E-state index in [1.807, 2.05) is 15.8 Å². The first-order valence-electron chi connectivity index (χ1n) is 9.10. The SMILES string of the molecule is Cn1c(=O)c2sccc2n2c(CSc3nnc(C4CC4)n3C3CC3)nnc12. The van der Waals surface area contributed by atoms with Crippen molar-refractivity contribution >= 4 is 39.1 Å². The first kappa shape index (κ1) is 15.8. The van der Waals surface area contributed by atoms with Gasteiger partial charge in [0.25, 0.3) is 5.56 Å². The predicted molar refractivity (Wildman–Crippen MR) is 103 cm³/mol. The van der Waals surface area contributed by atoms with Crippen LogP contribution in [0.4, 0.5) is 0 Å². The molecule has 27 heavy (non-hydrogen) atoms. The van der Waals surface area contributed by atoms with Crippen LogP contribution in [0.5, 0.6) is 0 Å². The van der Waals surface area contributed by atoms with E-state index in [-0.39, 0.29) is 5.56 Å². The second-order valence-corrected chi connectivity index (χ2v) is 9.11. The van der Waals surface area contributed by atoms with E-state index < -0.39 is 0 Å². The van der Waals surface area contributed by atoms with E-state index in [1.165, 1.54) is 37.0 Å². The predicted octanol–water partition coefficient (Wildman–Crippen LogP) is 2.74. The standard InChI is InChI=1S/C17H17N7OS2/c1-22-15(25)13-11(6-7-26-13)24-12(18-20-16(22)24)8-27-17-21-19-14(9-2-3-9)23(17)10-4-5-10/h6-7,9-10H,2-5,8H2,1H3. The van der Waals surface area contributed by atoms with Gasteiger partial charge in [0.05, 0.1) is 11.3 Å². The summed E-state index contributed by atoms with van der Waals surface area (Å²) < 4.78 is 6.63. The van der Waals surface area contributed by atoms with Crippen LogP contribution in [0.15, 0.2) is 21.4 Å². The third-order valence-electron chi connectivity index (χ3n) is 5.27. The van der Waals surface area contributed by atoms with Crippen LogP contribution in [0.3, 0.4) is 0 Å². The highest BCUT2D eigenvalue weighted by Gasteiger charge is 2.36. The fourth-order valence-electron chi connectivity index (χ4n) is 3.56. The number of aromatic nitrogens is 7. The largest absolute Gasteiger partial charge is 0.303 e. The lowest BCUT2D eigenvalue weighted by molar-refractivity contribution is 0.626. The Balaban J connectivity index is 1.40. The van der Waals surface area contributed by atoms with Crippen molar-refractivity contribution in [2.75, 3.05) is 0 Å². The molecule has 6 rings (SSSR count). The van der Waals surface area contributed by atoms with Gasteiger partial charge in [-0.05, 0) is 37.1 Å². The number of hydrogen-bond donors (Lipinski definition) is 0. The Morgan fingerprint density at radius 1 is 1.19 bits per heavy atom. The summed E-state index contributed by atoms with van der Waals surface area (Å²) in [4.78, 5) is 12.5. The molecule has 2 fully saturated rings. The molecule has 138 valence electrons. The van der Waals surface area contributed by atoms with E-state index >= 15 is 0 Å². The highest BCUT2D eigenvalue weighted by molar-refractivity contribution is 7.98. The Morgan fingerprint density at radius 2 is 2.04 bits per heavy atom. The van der Waals surface area contributed by atoms with E-state index in [4.69, 9.17) is 0 Å². The van der Waals surface area contributed by atoms with Gasteiger partial charge in [0.1, 0.15) is 16.3 Å². The van der Waals surface area contributed by atoms with Crippen LogP contribution in [0, 0.1) is 0 Å². The number of nitrogens with zero attached hydrogens (tertiary/aromatic N) is 7. The van der Waals surface area contributed by atoms with Gasteiger partial charge in [-0.15, -0.1) is 31.7 Å². The summed E-state index contributed by atoms with van der Waals surface area (Å²) in [5.41, 5.74) is 0.850. The Morgan fingerprint density at radius 3 is 2.81 bits per heavy atom. The number of rotatable bonds is 5. The molecule has 0 spiro atoms. The van der Waals surface area contributed by atoms with Crippen LogP contribution < -0.4 is 5.56 Å². The van der Waals surface area contributed by atoms with E-state index in [0.717, 1.165) is 27.0 Å². The molecular weight excluding hydrogens is 382 g/mol. The maximum absolute atomic E-state index is 12.5. The molecule has 2 aliphatic carbocycles. The first-order valence-corrected chi connectivity index (χ1v) is 11.0. The van der Waals surface area contributed by atoms with Crippen molar-refractivity contribution in [2.24, 2.45) is 7.05 Å². The highest BCUT2D eigenvalue weighted by atomic mass is 32.2. The second kappa shape index (κ2) is 5.65. The number of aryl methyl sites for hydroxylation is 1. The topological polar surface area (TPSA) is 82.9 Å². The Hall–Kier alpha value is -2.20. The van der Waals surface area contributed by atoms with Gasteiger partial charge in [-0.3, -0.25) is 13.8 Å². The van der Waals surface area contributed by atoms with Crippen molar-refractivity contribution in [3.63, 3.8) is 0 Å². The van der Waals surface area contributed by atoms with Crippen LogP contribution in [0.2, 0.25) is 0 Å². The zero-order valence-electron chi connectivity index (χ0n) is 14.7. The van der Waals surface area contributed by atoms with Crippen LogP contribution in [0.1, 0.15) is 49.3 Å². The second-order valence-electron chi connectivity index (χ2n) is 7.26. The van der Waals surface area contributed by atoms with Gasteiger partial charge in [-0.2, -0.15) is 0 Å². The van der Waals surface area contributed by atoms with Crippen molar-refractivity contribution < 1.29 is 0 Å². The molecule has 0 aromatic carbocycles. The minimum absolute atomic E-state index is 0.0262. The maximum Gasteiger partial charge on any atom is 0.272 e. The summed E-state index contributed by atoms with van der Waals surface area (Å²) in [6, 6.07) is 2.53.